The minimum Gasteiger partial charge on any atom is -0.0945 e. The molecule has 0 nitrogen and oxygen atoms in total. The van der Waals surface area contributed by atoms with Crippen LogP contribution in [0.3, 0.4) is 0 Å². The Morgan fingerprint density at radius 1 is 0.750 bits per heavy atom. The lowest BCUT2D eigenvalue weighted by Crippen LogP contribution is -2.25. The number of rotatable bonds is 7. The number of unbranched alkanes of at least 4 members (excludes halogenated alkanes) is 3. The predicted molar refractivity (Wildman–Crippen MR) is 122 cm³/mol. The van der Waals surface area contributed by atoms with Gasteiger partial charge in [-0.2, -0.15) is 0 Å². The highest BCUT2D eigenvalue weighted by Gasteiger charge is 2.29. The smallest absolute Gasteiger partial charge is 0.0245 e. The van der Waals surface area contributed by atoms with Crippen molar-refractivity contribution in [2.24, 2.45) is 23.7 Å². The Bertz CT molecular complexity index is 598. The van der Waals surface area contributed by atoms with Crippen molar-refractivity contribution in [3.8, 4) is 11.8 Å². The molecule has 2 saturated carbocycles. The highest BCUT2D eigenvalue weighted by molar-refractivity contribution is 5.36. The van der Waals surface area contributed by atoms with Gasteiger partial charge in [0, 0.05) is 11.5 Å². The van der Waals surface area contributed by atoms with E-state index in [0.29, 0.717) is 5.92 Å². The summed E-state index contributed by atoms with van der Waals surface area (Å²) in [6, 6.07) is 9.05. The fourth-order valence-corrected chi connectivity index (χ4v) is 5.50. The Morgan fingerprint density at radius 3 is 2.00 bits per heavy atom. The Labute approximate surface area is 174 Å². The van der Waals surface area contributed by atoms with Crippen LogP contribution in [0.4, 0.5) is 0 Å². The molecule has 154 valence electrons. The van der Waals surface area contributed by atoms with E-state index in [-0.39, 0.29) is 0 Å². The molecule has 1 aromatic carbocycles. The molecule has 0 atom stereocenters. The van der Waals surface area contributed by atoms with Crippen molar-refractivity contribution in [2.45, 2.75) is 104 Å². The van der Waals surface area contributed by atoms with Crippen LogP contribution in [0.25, 0.3) is 0 Å². The minimum absolute atomic E-state index is 0.636. The average Bonchev–Trinajstić information content (AvgIpc) is 2.76. The molecule has 0 aromatic heterocycles. The van der Waals surface area contributed by atoms with E-state index in [4.69, 9.17) is 0 Å². The lowest BCUT2D eigenvalue weighted by molar-refractivity contribution is 0.156. The second-order valence-corrected chi connectivity index (χ2v) is 9.58. The highest BCUT2D eigenvalue weighted by Crippen LogP contribution is 2.41. The quantitative estimate of drug-likeness (QED) is 0.331. The Balaban J connectivity index is 1.40. The predicted octanol–water partition coefficient (Wildman–Crippen LogP) is 8.18. The first-order chi connectivity index (χ1) is 13.8. The lowest BCUT2D eigenvalue weighted by atomic mass is 9.69. The lowest BCUT2D eigenvalue weighted by Gasteiger charge is -2.36. The van der Waals surface area contributed by atoms with E-state index >= 15 is 0 Å². The Hall–Kier alpha value is -1.22. The number of hydrogen-bond donors (Lipinski definition) is 0. The van der Waals surface area contributed by atoms with Crippen molar-refractivity contribution in [1.29, 1.82) is 0 Å². The molecule has 0 heterocycles. The molecule has 0 radical (unpaired) electrons. The van der Waals surface area contributed by atoms with Crippen molar-refractivity contribution < 1.29 is 0 Å². The molecule has 0 N–H and O–H groups in total. The monoisotopic (exact) mass is 378 g/mol. The largest absolute Gasteiger partial charge is 0.0945 e. The van der Waals surface area contributed by atoms with Gasteiger partial charge >= 0.3 is 0 Å². The van der Waals surface area contributed by atoms with Gasteiger partial charge in [-0.25, -0.2) is 0 Å². The van der Waals surface area contributed by atoms with Crippen molar-refractivity contribution in [1.82, 2.24) is 0 Å². The van der Waals surface area contributed by atoms with Gasteiger partial charge in [-0.1, -0.05) is 76.3 Å². The zero-order valence-electron chi connectivity index (χ0n) is 18.5. The van der Waals surface area contributed by atoms with Crippen molar-refractivity contribution in [3.05, 3.63) is 35.4 Å². The normalized spacial score (nSPS) is 27.8. The van der Waals surface area contributed by atoms with E-state index < -0.39 is 0 Å². The maximum Gasteiger partial charge on any atom is 0.0245 e. The molecule has 0 heteroatoms. The van der Waals surface area contributed by atoms with E-state index in [9.17, 15) is 0 Å². The summed E-state index contributed by atoms with van der Waals surface area (Å²) < 4.78 is 0. The van der Waals surface area contributed by atoms with Crippen LogP contribution in [0.2, 0.25) is 0 Å². The van der Waals surface area contributed by atoms with Gasteiger partial charge in [-0.15, -0.1) is 0 Å². The van der Waals surface area contributed by atoms with Crippen molar-refractivity contribution >= 4 is 0 Å². The molecule has 2 aliphatic rings. The standard InChI is InChI=1S/C28H42/c1-3-5-6-7-8-24-9-11-25(12-10-24)13-14-26-17-21-28(22-18-26)27-19-15-23(4-2)16-20-27/h9-12,23,26-28H,3-8,15-22H2,1-2H3/t23-,26?,27-,28?. The highest BCUT2D eigenvalue weighted by atomic mass is 14.3. The second-order valence-electron chi connectivity index (χ2n) is 9.58. The first-order valence-corrected chi connectivity index (χ1v) is 12.4. The van der Waals surface area contributed by atoms with Gasteiger partial charge in [-0.05, 0) is 86.8 Å². The summed E-state index contributed by atoms with van der Waals surface area (Å²) in [7, 11) is 0. The molecular formula is C28H42. The van der Waals surface area contributed by atoms with Crippen LogP contribution in [0, 0.1) is 35.5 Å². The zero-order chi connectivity index (χ0) is 19.6. The van der Waals surface area contributed by atoms with Gasteiger partial charge in [0.1, 0.15) is 0 Å². The van der Waals surface area contributed by atoms with E-state index in [1.807, 2.05) is 0 Å². The summed E-state index contributed by atoms with van der Waals surface area (Å²) >= 11 is 0. The summed E-state index contributed by atoms with van der Waals surface area (Å²) in [5, 5.41) is 0. The molecule has 2 aliphatic carbocycles. The van der Waals surface area contributed by atoms with Crippen LogP contribution in [0.1, 0.15) is 108 Å². The van der Waals surface area contributed by atoms with E-state index in [1.165, 1.54) is 101 Å². The first-order valence-electron chi connectivity index (χ1n) is 12.4. The van der Waals surface area contributed by atoms with Crippen molar-refractivity contribution in [3.63, 3.8) is 0 Å². The van der Waals surface area contributed by atoms with Crippen LogP contribution in [-0.4, -0.2) is 0 Å². The number of hydrogen-bond acceptors (Lipinski definition) is 0. The van der Waals surface area contributed by atoms with Crippen LogP contribution in [0.5, 0.6) is 0 Å². The van der Waals surface area contributed by atoms with Gasteiger partial charge in [0.15, 0.2) is 0 Å². The average molecular weight is 379 g/mol. The second kappa shape index (κ2) is 11.7. The van der Waals surface area contributed by atoms with Crippen LogP contribution >= 0.6 is 0 Å². The van der Waals surface area contributed by atoms with Crippen LogP contribution in [-0.2, 0) is 6.42 Å². The van der Waals surface area contributed by atoms with E-state index in [1.54, 1.807) is 0 Å². The van der Waals surface area contributed by atoms with Gasteiger partial charge < -0.3 is 0 Å². The fourth-order valence-electron chi connectivity index (χ4n) is 5.50. The molecule has 28 heavy (non-hydrogen) atoms. The zero-order valence-corrected chi connectivity index (χ0v) is 18.5. The maximum atomic E-state index is 3.61. The molecule has 2 fully saturated rings. The minimum atomic E-state index is 0.636. The molecule has 0 amide bonds. The summed E-state index contributed by atoms with van der Waals surface area (Å²) in [6.45, 7) is 4.65. The molecule has 0 aliphatic heterocycles. The van der Waals surface area contributed by atoms with Crippen LogP contribution < -0.4 is 0 Å². The molecule has 0 bridgehead atoms. The SMILES string of the molecule is CCCCCCc1ccc(C#CC2CCC([C@H]3CC[C@H](CC)CC3)CC2)cc1. The maximum absolute atomic E-state index is 3.61. The van der Waals surface area contributed by atoms with Gasteiger partial charge in [0.05, 0.1) is 0 Å². The first kappa shape index (κ1) is 21.5. The van der Waals surface area contributed by atoms with Crippen molar-refractivity contribution in [2.75, 3.05) is 0 Å². The van der Waals surface area contributed by atoms with E-state index in [2.05, 4.69) is 50.0 Å². The summed E-state index contributed by atoms with van der Waals surface area (Å²) in [5.74, 6) is 10.8. The molecule has 1 aromatic rings. The third kappa shape index (κ3) is 6.69. The Kier molecular flexibility index (Phi) is 8.98. The molecule has 0 unspecified atom stereocenters. The Morgan fingerprint density at radius 2 is 1.39 bits per heavy atom. The molecule has 0 spiro atoms. The van der Waals surface area contributed by atoms with Gasteiger partial charge in [-0.3, -0.25) is 0 Å². The summed E-state index contributed by atoms with van der Waals surface area (Å²) in [4.78, 5) is 0. The van der Waals surface area contributed by atoms with Crippen LogP contribution in [0.15, 0.2) is 24.3 Å². The van der Waals surface area contributed by atoms with Gasteiger partial charge in [0.25, 0.3) is 0 Å². The molecule has 0 saturated heterocycles. The topological polar surface area (TPSA) is 0 Å². The van der Waals surface area contributed by atoms with E-state index in [0.717, 1.165) is 17.8 Å². The third-order valence-corrected chi connectivity index (χ3v) is 7.60. The molecular weight excluding hydrogens is 336 g/mol. The van der Waals surface area contributed by atoms with Gasteiger partial charge in [0.2, 0.25) is 0 Å². The number of benzene rings is 1. The summed E-state index contributed by atoms with van der Waals surface area (Å²) in [6.07, 6.45) is 19.5. The number of aryl methyl sites for hydroxylation is 1. The molecule has 3 rings (SSSR count). The summed E-state index contributed by atoms with van der Waals surface area (Å²) in [5.41, 5.74) is 2.68. The third-order valence-electron chi connectivity index (χ3n) is 7.60. The fraction of sp³-hybridized carbons (Fsp3) is 0.714.